The van der Waals surface area contributed by atoms with Gasteiger partial charge in [-0.3, -0.25) is 19.5 Å². The third kappa shape index (κ3) is 7.21. The maximum atomic E-state index is 14.0. The van der Waals surface area contributed by atoms with Crippen molar-refractivity contribution in [3.8, 4) is 23.0 Å². The number of halogens is 1. The summed E-state index contributed by atoms with van der Waals surface area (Å²) < 4.78 is 30.1. The Morgan fingerprint density at radius 1 is 1.00 bits per heavy atom. The predicted octanol–water partition coefficient (Wildman–Crippen LogP) is 5.35. The Bertz CT molecular complexity index is 2070. The maximum Gasteiger partial charge on any atom is 0.337 e. The molecule has 0 saturated heterocycles. The number of esters is 1. The van der Waals surface area contributed by atoms with Crippen LogP contribution in [0.15, 0.2) is 76.2 Å². The zero-order valence-corrected chi connectivity index (χ0v) is 28.1. The van der Waals surface area contributed by atoms with E-state index >= 15 is 0 Å². The third-order valence-corrected chi connectivity index (χ3v) is 8.42. The highest BCUT2D eigenvalue weighted by molar-refractivity contribution is 7.07. The van der Waals surface area contributed by atoms with Gasteiger partial charge in [0, 0.05) is 18.3 Å². The summed E-state index contributed by atoms with van der Waals surface area (Å²) in [6, 6.07) is 13.8. The molecule has 0 amide bonds. The quantitative estimate of drug-likeness (QED) is 0.103. The second kappa shape index (κ2) is 15.2. The lowest BCUT2D eigenvalue weighted by atomic mass is 9.97. The van der Waals surface area contributed by atoms with Gasteiger partial charge >= 0.3 is 5.97 Å². The summed E-state index contributed by atoms with van der Waals surface area (Å²) in [5, 5.41) is 11.4. The van der Waals surface area contributed by atoms with Gasteiger partial charge in [-0.2, -0.15) is 0 Å². The molecule has 0 fully saturated rings. The highest BCUT2D eigenvalue weighted by atomic mass is 35.5. The van der Waals surface area contributed by atoms with Gasteiger partial charge < -0.3 is 23.7 Å². The number of nitrogens with zero attached hydrogens (tertiary/aromatic N) is 3. The summed E-state index contributed by atoms with van der Waals surface area (Å²) in [5.74, 6) is 0.980. The monoisotopic (exact) mass is 693 g/mol. The lowest BCUT2D eigenvalue weighted by molar-refractivity contribution is -0.384. The highest BCUT2D eigenvalue weighted by Crippen LogP contribution is 2.38. The molecule has 48 heavy (non-hydrogen) atoms. The zero-order chi connectivity index (χ0) is 34.4. The second-order valence-corrected chi connectivity index (χ2v) is 11.6. The van der Waals surface area contributed by atoms with Crippen molar-refractivity contribution >= 4 is 40.7 Å². The number of nitro benzene ring substituents is 1. The van der Waals surface area contributed by atoms with Crippen LogP contribution in [-0.2, 0) is 16.1 Å². The molecule has 3 aromatic carbocycles. The molecule has 2 heterocycles. The molecule has 0 bridgehead atoms. The van der Waals surface area contributed by atoms with E-state index < -0.39 is 16.9 Å². The van der Waals surface area contributed by atoms with E-state index in [4.69, 9.17) is 35.3 Å². The zero-order valence-electron chi connectivity index (χ0n) is 26.6. The summed E-state index contributed by atoms with van der Waals surface area (Å²) >= 11 is 7.81. The number of non-ortho nitro benzene ring substituents is 1. The molecule has 0 unspecified atom stereocenters. The van der Waals surface area contributed by atoms with Crippen molar-refractivity contribution < 1.29 is 33.4 Å². The highest BCUT2D eigenvalue weighted by Gasteiger charge is 2.31. The number of carbonyl (C=O) groups excluding carboxylic acids is 1. The number of rotatable bonds is 13. The number of fused-ring (bicyclic) bond motifs is 1. The number of hydrogen-bond donors (Lipinski definition) is 0. The maximum absolute atomic E-state index is 14.0. The first-order valence-electron chi connectivity index (χ1n) is 15.0. The van der Waals surface area contributed by atoms with E-state index in [9.17, 15) is 19.7 Å². The fraction of sp³-hybridized carbons (Fsp3) is 0.265. The minimum absolute atomic E-state index is 0.0124. The number of aromatic nitrogens is 1. The number of carbonyl (C=O) groups is 1. The summed E-state index contributed by atoms with van der Waals surface area (Å²) in [6.07, 6.45) is 3.07. The van der Waals surface area contributed by atoms with E-state index in [1.807, 2.05) is 13.8 Å². The van der Waals surface area contributed by atoms with Gasteiger partial charge in [-0.1, -0.05) is 41.1 Å². The molecule has 0 spiro atoms. The number of methoxy groups -OCH3 is 1. The standard InChI is InChI=1S/C34H32ClN3O9S/c1-5-44-26-12-11-22(17-27(26)45-6-2)30-24(33(40)43-4)18-36-34-37(30)32(39)29(48-34)16-21-14-25(35)31(28(15-21)46-7-3)47-19-20-9-8-10-23(13-20)38(41)42/h8-18,30H,5-7,19H2,1-4H3/b29-16-/t30-/m0/s1. The molecule has 250 valence electrons. The van der Waals surface area contributed by atoms with Gasteiger partial charge in [0.1, 0.15) is 6.61 Å². The van der Waals surface area contributed by atoms with Crippen LogP contribution in [0.2, 0.25) is 5.02 Å². The van der Waals surface area contributed by atoms with Crippen molar-refractivity contribution in [3.05, 3.63) is 118 Å². The number of ether oxygens (including phenoxy) is 5. The Labute approximate surface area is 284 Å². The molecule has 1 aromatic heterocycles. The number of thiazole rings is 1. The van der Waals surface area contributed by atoms with E-state index in [0.717, 1.165) is 11.3 Å². The van der Waals surface area contributed by atoms with E-state index in [1.54, 1.807) is 55.5 Å². The van der Waals surface area contributed by atoms with Crippen LogP contribution >= 0.6 is 22.9 Å². The first kappa shape index (κ1) is 34.2. The van der Waals surface area contributed by atoms with Crippen LogP contribution in [0.4, 0.5) is 5.69 Å². The SMILES string of the molecule is CCOc1ccc([C@H]2C(C(=O)OC)=CN=c3s/c(=C\c4cc(Cl)c(OCc5cccc([N+](=O)[O-])c5)c(OCC)c4)c(=O)n32)cc1OCC. The molecule has 12 nitrogen and oxygen atoms in total. The minimum atomic E-state index is -0.849. The predicted molar refractivity (Wildman–Crippen MR) is 180 cm³/mol. The van der Waals surface area contributed by atoms with Crippen LogP contribution in [0.25, 0.3) is 6.08 Å². The molecule has 5 rings (SSSR count). The summed E-state index contributed by atoms with van der Waals surface area (Å²) in [6.45, 7) is 6.66. The Kier molecular flexibility index (Phi) is 10.8. The van der Waals surface area contributed by atoms with Crippen LogP contribution in [-0.4, -0.2) is 42.4 Å². The van der Waals surface area contributed by atoms with Crippen LogP contribution in [0.1, 0.15) is 43.5 Å². The molecular weight excluding hydrogens is 662 g/mol. The van der Waals surface area contributed by atoms with Crippen molar-refractivity contribution in [1.82, 2.24) is 4.57 Å². The number of benzene rings is 3. The van der Waals surface area contributed by atoms with Crippen LogP contribution in [0.3, 0.4) is 0 Å². The topological polar surface area (TPSA) is 141 Å². The summed E-state index contributed by atoms with van der Waals surface area (Å²) in [4.78, 5) is 42.5. The fourth-order valence-electron chi connectivity index (χ4n) is 5.13. The molecule has 1 atom stereocenters. The van der Waals surface area contributed by atoms with Crippen molar-refractivity contribution in [3.63, 3.8) is 0 Å². The van der Waals surface area contributed by atoms with Gasteiger partial charge in [0.2, 0.25) is 0 Å². The molecule has 1 aliphatic rings. The first-order chi connectivity index (χ1) is 23.2. The number of hydrogen-bond acceptors (Lipinski definition) is 11. The normalized spacial score (nSPS) is 14.0. The summed E-state index contributed by atoms with van der Waals surface area (Å²) in [5.41, 5.74) is 1.48. The van der Waals surface area contributed by atoms with Gasteiger partial charge in [0.15, 0.2) is 27.8 Å². The molecule has 0 saturated carbocycles. The Morgan fingerprint density at radius 2 is 1.73 bits per heavy atom. The third-order valence-electron chi connectivity index (χ3n) is 7.14. The van der Waals surface area contributed by atoms with E-state index in [0.29, 0.717) is 63.1 Å². The fourth-order valence-corrected chi connectivity index (χ4v) is 6.37. The van der Waals surface area contributed by atoms with E-state index in [2.05, 4.69) is 4.99 Å². The van der Waals surface area contributed by atoms with Gasteiger partial charge in [-0.15, -0.1) is 0 Å². The lowest BCUT2D eigenvalue weighted by Crippen LogP contribution is -2.39. The van der Waals surface area contributed by atoms with E-state index in [1.165, 1.54) is 30.0 Å². The molecule has 14 heteroatoms. The molecular formula is C34H32ClN3O9S. The van der Waals surface area contributed by atoms with Gasteiger partial charge in [-0.05, 0) is 67.8 Å². The molecule has 1 aliphatic heterocycles. The smallest absolute Gasteiger partial charge is 0.337 e. The molecule has 0 N–H and O–H groups in total. The molecule has 0 radical (unpaired) electrons. The van der Waals surface area contributed by atoms with Crippen LogP contribution in [0.5, 0.6) is 23.0 Å². The minimum Gasteiger partial charge on any atom is -0.490 e. The Morgan fingerprint density at radius 3 is 2.44 bits per heavy atom. The van der Waals surface area contributed by atoms with Gasteiger partial charge in [0.25, 0.3) is 11.2 Å². The Balaban J connectivity index is 1.55. The average Bonchev–Trinajstić information content (AvgIpc) is 3.39. The summed E-state index contributed by atoms with van der Waals surface area (Å²) in [7, 11) is 1.27. The largest absolute Gasteiger partial charge is 0.490 e. The van der Waals surface area contributed by atoms with Crippen molar-refractivity contribution in [2.24, 2.45) is 4.99 Å². The Hall–Kier alpha value is -5.14. The van der Waals surface area contributed by atoms with Crippen molar-refractivity contribution in [2.45, 2.75) is 33.4 Å². The van der Waals surface area contributed by atoms with Crippen molar-refractivity contribution in [1.29, 1.82) is 0 Å². The van der Waals surface area contributed by atoms with Crippen molar-refractivity contribution in [2.75, 3.05) is 26.9 Å². The number of nitro groups is 1. The first-order valence-corrected chi connectivity index (χ1v) is 16.2. The molecule has 0 aliphatic carbocycles. The van der Waals surface area contributed by atoms with Gasteiger partial charge in [-0.25, -0.2) is 9.79 Å². The van der Waals surface area contributed by atoms with Crippen LogP contribution < -0.4 is 33.8 Å². The van der Waals surface area contributed by atoms with Crippen LogP contribution in [0, 0.1) is 10.1 Å². The molecule has 4 aromatic rings. The van der Waals surface area contributed by atoms with Gasteiger partial charge in [0.05, 0.1) is 53.0 Å². The second-order valence-electron chi connectivity index (χ2n) is 10.2. The lowest BCUT2D eigenvalue weighted by Gasteiger charge is -2.23. The average molecular weight is 694 g/mol. The van der Waals surface area contributed by atoms with E-state index in [-0.39, 0.29) is 34.2 Å².